The minimum atomic E-state index is -0.770. The van der Waals surface area contributed by atoms with Crippen LogP contribution in [0.25, 0.3) is 0 Å². The van der Waals surface area contributed by atoms with Crippen molar-refractivity contribution in [1.29, 1.82) is 0 Å². The summed E-state index contributed by atoms with van der Waals surface area (Å²) in [6.45, 7) is 5.04. The second kappa shape index (κ2) is 5.24. The Morgan fingerprint density at radius 1 is 1.31 bits per heavy atom. The van der Waals surface area contributed by atoms with Crippen molar-refractivity contribution < 1.29 is 28.4 Å². The Balaban J connectivity index is 1.61. The molecular weight excluding hydrogens is 338 g/mol. The van der Waals surface area contributed by atoms with E-state index in [-0.39, 0.29) is 28.6 Å². The van der Waals surface area contributed by atoms with Gasteiger partial charge in [0.1, 0.15) is 17.9 Å². The number of esters is 1. The lowest BCUT2D eigenvalue weighted by Gasteiger charge is -2.53. The van der Waals surface area contributed by atoms with E-state index in [2.05, 4.69) is 6.92 Å². The summed E-state index contributed by atoms with van der Waals surface area (Å²) in [7, 11) is 1.52. The molecule has 0 radical (unpaired) electrons. The monoisotopic (exact) mass is 363 g/mol. The number of carbonyl (C=O) groups is 1. The molecule has 0 amide bonds. The van der Waals surface area contributed by atoms with Gasteiger partial charge in [-0.15, -0.1) is 0 Å². The zero-order valence-corrected chi connectivity index (χ0v) is 15.4. The number of methoxy groups -OCH3 is 1. The fourth-order valence-corrected chi connectivity index (χ4v) is 5.91. The van der Waals surface area contributed by atoms with E-state index in [1.54, 1.807) is 6.92 Å². The molecule has 7 heteroatoms. The largest absolute Gasteiger partial charge is 0.633 e. The molecule has 142 valence electrons. The Kier molecular flexibility index (Phi) is 3.34. The van der Waals surface area contributed by atoms with Gasteiger partial charge in [0.2, 0.25) is 11.5 Å². The Morgan fingerprint density at radius 2 is 2.08 bits per heavy atom. The molecule has 26 heavy (non-hydrogen) atoms. The summed E-state index contributed by atoms with van der Waals surface area (Å²) in [6.07, 6.45) is 3.27. The number of rotatable bonds is 1. The van der Waals surface area contributed by atoms with Crippen LogP contribution >= 0.6 is 0 Å². The van der Waals surface area contributed by atoms with E-state index >= 15 is 0 Å². The van der Waals surface area contributed by atoms with E-state index in [0.717, 1.165) is 19.3 Å². The summed E-state index contributed by atoms with van der Waals surface area (Å²) in [5.74, 6) is 0.106. The number of allylic oxidation sites excluding steroid dienone is 1. The van der Waals surface area contributed by atoms with Crippen LogP contribution in [0.2, 0.25) is 0 Å². The molecule has 0 aromatic carbocycles. The molecule has 1 unspecified atom stereocenters. The topological polar surface area (TPSA) is 77.1 Å². The van der Waals surface area contributed by atoms with Crippen molar-refractivity contribution in [3.63, 3.8) is 0 Å². The molecule has 0 aromatic heterocycles. The standard InChI is InChI=1S/C19H25NO6/c1-10-13-14-12-6-4-8-20(14,22)9-5-7-19(13,25-12)26-16(10)17-15(23-3)11(2)18(21)24-17/h10,12-14H,4-9H2,1-3H3/b17-16-/t10-,12+,13+,14-,19+,20?/m0/s1. The van der Waals surface area contributed by atoms with Crippen LogP contribution in [0.1, 0.15) is 39.5 Å². The number of hydrogen-bond acceptors (Lipinski definition) is 6. The lowest BCUT2D eigenvalue weighted by molar-refractivity contribution is -0.915. The normalized spacial score (nSPS) is 49.6. The predicted molar refractivity (Wildman–Crippen MR) is 89.8 cm³/mol. The summed E-state index contributed by atoms with van der Waals surface area (Å²) in [5, 5.41) is 13.6. The van der Waals surface area contributed by atoms with Gasteiger partial charge in [-0.1, -0.05) is 6.92 Å². The van der Waals surface area contributed by atoms with Gasteiger partial charge in [-0.05, 0) is 19.8 Å². The molecule has 0 saturated carbocycles. The van der Waals surface area contributed by atoms with Crippen molar-refractivity contribution in [1.82, 2.24) is 0 Å². The third-order valence-corrected chi connectivity index (χ3v) is 6.95. The van der Waals surface area contributed by atoms with Gasteiger partial charge in [-0.25, -0.2) is 4.79 Å². The highest BCUT2D eigenvalue weighted by atomic mass is 16.7. The number of carbonyl (C=O) groups excluding carboxylic acids is 1. The molecule has 5 aliphatic heterocycles. The van der Waals surface area contributed by atoms with Crippen LogP contribution in [0.5, 0.6) is 0 Å². The minimum absolute atomic E-state index is 0.0204. The van der Waals surface area contributed by atoms with Crippen molar-refractivity contribution in [2.24, 2.45) is 11.8 Å². The van der Waals surface area contributed by atoms with Crippen LogP contribution in [0.3, 0.4) is 0 Å². The van der Waals surface area contributed by atoms with Crippen LogP contribution in [-0.2, 0) is 23.7 Å². The first-order valence-corrected chi connectivity index (χ1v) is 9.56. The van der Waals surface area contributed by atoms with Crippen LogP contribution in [0.15, 0.2) is 22.9 Å². The van der Waals surface area contributed by atoms with E-state index in [9.17, 15) is 10.0 Å². The molecule has 4 saturated heterocycles. The van der Waals surface area contributed by atoms with E-state index < -0.39 is 11.8 Å². The van der Waals surface area contributed by atoms with Crippen molar-refractivity contribution in [3.8, 4) is 0 Å². The quantitative estimate of drug-likeness (QED) is 0.404. The highest BCUT2D eigenvalue weighted by Gasteiger charge is 2.70. The van der Waals surface area contributed by atoms with Crippen LogP contribution in [-0.4, -0.2) is 48.7 Å². The van der Waals surface area contributed by atoms with Gasteiger partial charge in [0.25, 0.3) is 0 Å². The predicted octanol–water partition coefficient (Wildman–Crippen LogP) is 2.32. The number of nitrogens with zero attached hydrogens (tertiary/aromatic N) is 1. The first-order chi connectivity index (χ1) is 12.4. The molecule has 0 aliphatic carbocycles. The molecule has 0 aromatic rings. The van der Waals surface area contributed by atoms with Gasteiger partial charge < -0.3 is 28.8 Å². The second-order valence-electron chi connectivity index (χ2n) is 8.26. The average molecular weight is 363 g/mol. The maximum Gasteiger partial charge on any atom is 0.343 e. The molecule has 2 bridgehead atoms. The van der Waals surface area contributed by atoms with E-state index in [0.29, 0.717) is 42.4 Å². The fraction of sp³-hybridized carbons (Fsp3) is 0.737. The highest BCUT2D eigenvalue weighted by molar-refractivity contribution is 5.93. The number of piperidine rings is 1. The van der Waals surface area contributed by atoms with Gasteiger partial charge in [-0.2, -0.15) is 0 Å². The average Bonchev–Trinajstić information content (AvgIpc) is 3.13. The molecule has 5 aliphatic rings. The van der Waals surface area contributed by atoms with Crippen LogP contribution in [0, 0.1) is 17.0 Å². The van der Waals surface area contributed by atoms with Gasteiger partial charge >= 0.3 is 5.97 Å². The molecule has 6 atom stereocenters. The van der Waals surface area contributed by atoms with Gasteiger partial charge in [0.05, 0.1) is 31.7 Å². The molecule has 5 heterocycles. The maximum absolute atomic E-state index is 13.6. The third kappa shape index (κ3) is 1.91. The van der Waals surface area contributed by atoms with Gasteiger partial charge in [0.15, 0.2) is 5.76 Å². The summed E-state index contributed by atoms with van der Waals surface area (Å²) in [6, 6.07) is -0.104. The maximum atomic E-state index is 13.6. The molecule has 7 nitrogen and oxygen atoms in total. The van der Waals surface area contributed by atoms with Crippen molar-refractivity contribution in [3.05, 3.63) is 28.1 Å². The number of hydrogen-bond donors (Lipinski definition) is 0. The van der Waals surface area contributed by atoms with E-state index in [1.165, 1.54) is 7.11 Å². The summed E-state index contributed by atoms with van der Waals surface area (Å²) in [4.78, 5) is 12.0. The number of ether oxygens (including phenoxy) is 4. The number of hydroxylamine groups is 3. The summed E-state index contributed by atoms with van der Waals surface area (Å²) in [5.41, 5.74) is 0.439. The molecule has 5 rings (SSSR count). The zero-order chi connectivity index (χ0) is 18.3. The first-order valence-electron chi connectivity index (χ1n) is 9.56. The van der Waals surface area contributed by atoms with E-state index in [1.807, 2.05) is 0 Å². The number of quaternary nitrogens is 1. The Hall–Kier alpha value is -1.57. The molecule has 0 spiro atoms. The molecular formula is C19H25NO6. The highest BCUT2D eigenvalue weighted by Crippen LogP contribution is 2.60. The van der Waals surface area contributed by atoms with Crippen molar-refractivity contribution in [2.75, 3.05) is 20.2 Å². The lowest BCUT2D eigenvalue weighted by Crippen LogP contribution is -2.60. The van der Waals surface area contributed by atoms with Crippen molar-refractivity contribution in [2.45, 2.75) is 57.5 Å². The summed E-state index contributed by atoms with van der Waals surface area (Å²) >= 11 is 0. The summed E-state index contributed by atoms with van der Waals surface area (Å²) < 4.78 is 23.6. The second-order valence-corrected chi connectivity index (χ2v) is 8.26. The lowest BCUT2D eigenvalue weighted by atomic mass is 9.79. The zero-order valence-electron chi connectivity index (χ0n) is 15.4. The molecule has 4 fully saturated rings. The van der Waals surface area contributed by atoms with Crippen LogP contribution < -0.4 is 0 Å². The SMILES string of the molecule is COC1=C(C)C(=O)O/C1=C1\O[C@@]23CCC[N+]4([O-])CCC[C@@H](O2)[C@H]4[C@H]3[C@@H]1C. The number of cyclic esters (lactones) is 1. The van der Waals surface area contributed by atoms with Crippen molar-refractivity contribution >= 4 is 5.97 Å². The van der Waals surface area contributed by atoms with E-state index in [4.69, 9.17) is 18.9 Å². The Bertz CT molecular complexity index is 744. The Morgan fingerprint density at radius 3 is 2.85 bits per heavy atom. The van der Waals surface area contributed by atoms with Crippen LogP contribution in [0.4, 0.5) is 0 Å². The van der Waals surface area contributed by atoms with Gasteiger partial charge in [-0.3, -0.25) is 0 Å². The minimum Gasteiger partial charge on any atom is -0.633 e. The third-order valence-electron chi connectivity index (χ3n) is 6.95. The van der Waals surface area contributed by atoms with Gasteiger partial charge in [0, 0.05) is 18.8 Å². The molecule has 0 N–H and O–H groups in total. The Labute approximate surface area is 152 Å². The smallest absolute Gasteiger partial charge is 0.343 e. The first kappa shape index (κ1) is 16.6. The fourth-order valence-electron chi connectivity index (χ4n) is 5.91.